The van der Waals surface area contributed by atoms with Gasteiger partial charge in [0.05, 0.1) is 0 Å². The van der Waals surface area contributed by atoms with Gasteiger partial charge in [0, 0.05) is 30.1 Å². The van der Waals surface area contributed by atoms with Crippen LogP contribution in [0.5, 0.6) is 0 Å². The molecule has 1 aromatic rings. The van der Waals surface area contributed by atoms with E-state index in [9.17, 15) is 0 Å². The molecule has 0 aliphatic carbocycles. The summed E-state index contributed by atoms with van der Waals surface area (Å²) in [7, 11) is 1.99. The number of hydrogen-bond donors (Lipinski definition) is 0. The van der Waals surface area contributed by atoms with E-state index in [4.69, 9.17) is 11.6 Å². The van der Waals surface area contributed by atoms with Gasteiger partial charge >= 0.3 is 0 Å². The van der Waals surface area contributed by atoms with Crippen LogP contribution < -0.4 is 4.90 Å². The molecular weight excluding hydrogens is 251 g/mol. The summed E-state index contributed by atoms with van der Waals surface area (Å²) >= 11 is 9.03. The molecule has 72 valence electrons. The van der Waals surface area contributed by atoms with Crippen molar-refractivity contribution in [2.75, 3.05) is 24.4 Å². The Balaban J connectivity index is 2.88. The second kappa shape index (κ2) is 4.82. The molecule has 0 bridgehead atoms. The van der Waals surface area contributed by atoms with Crippen LogP contribution in [0.2, 0.25) is 0 Å². The molecule has 0 unspecified atom stereocenters. The van der Waals surface area contributed by atoms with E-state index < -0.39 is 0 Å². The minimum Gasteiger partial charge on any atom is -0.358 e. The van der Waals surface area contributed by atoms with Crippen molar-refractivity contribution in [2.24, 2.45) is 0 Å². The lowest BCUT2D eigenvalue weighted by atomic mass is 10.3. The maximum Gasteiger partial charge on any atom is 0.131 e. The molecule has 0 saturated heterocycles. The van der Waals surface area contributed by atoms with E-state index in [-0.39, 0.29) is 0 Å². The zero-order valence-electron chi connectivity index (χ0n) is 7.72. The second-order valence-electron chi connectivity index (χ2n) is 2.90. The topological polar surface area (TPSA) is 16.1 Å². The monoisotopic (exact) mass is 262 g/mol. The highest BCUT2D eigenvalue weighted by Crippen LogP contribution is 2.19. The number of rotatable bonds is 3. The van der Waals surface area contributed by atoms with Gasteiger partial charge in [-0.3, -0.25) is 0 Å². The fourth-order valence-corrected chi connectivity index (χ4v) is 1.86. The highest BCUT2D eigenvalue weighted by Gasteiger charge is 2.05. The normalized spacial score (nSPS) is 10.2. The lowest BCUT2D eigenvalue weighted by Gasteiger charge is -2.18. The van der Waals surface area contributed by atoms with Gasteiger partial charge in [-0.15, -0.1) is 11.6 Å². The molecule has 4 heteroatoms. The van der Waals surface area contributed by atoms with E-state index in [1.54, 1.807) is 6.20 Å². The summed E-state index contributed by atoms with van der Waals surface area (Å²) in [6, 6.07) is 2.05. The highest BCUT2D eigenvalue weighted by atomic mass is 79.9. The van der Waals surface area contributed by atoms with E-state index in [1.165, 1.54) is 0 Å². The van der Waals surface area contributed by atoms with Gasteiger partial charge in [-0.05, 0) is 34.5 Å². The molecule has 0 radical (unpaired) electrons. The Labute approximate surface area is 92.0 Å². The number of pyridine rings is 1. The number of nitrogens with zero attached hydrogens (tertiary/aromatic N) is 2. The Morgan fingerprint density at radius 1 is 1.62 bits per heavy atom. The Kier molecular flexibility index (Phi) is 4.00. The smallest absolute Gasteiger partial charge is 0.131 e. The maximum atomic E-state index is 5.65. The first-order chi connectivity index (χ1) is 6.15. The molecule has 0 fully saturated rings. The Hall–Kier alpha value is -0.280. The number of aryl methyl sites for hydroxylation is 1. The highest BCUT2D eigenvalue weighted by molar-refractivity contribution is 9.10. The van der Waals surface area contributed by atoms with Crippen molar-refractivity contribution in [2.45, 2.75) is 6.92 Å². The maximum absolute atomic E-state index is 5.65. The molecule has 0 spiro atoms. The summed E-state index contributed by atoms with van der Waals surface area (Å²) in [6.45, 7) is 2.86. The van der Waals surface area contributed by atoms with E-state index in [1.807, 2.05) is 20.0 Å². The Morgan fingerprint density at radius 2 is 2.31 bits per heavy atom. The van der Waals surface area contributed by atoms with Crippen molar-refractivity contribution in [3.05, 3.63) is 22.3 Å². The summed E-state index contributed by atoms with van der Waals surface area (Å²) in [6.07, 6.45) is 1.80. The predicted molar refractivity (Wildman–Crippen MR) is 60.7 cm³/mol. The Morgan fingerprint density at radius 3 is 2.85 bits per heavy atom. The predicted octanol–water partition coefficient (Wildman–Crippen LogP) is 2.83. The van der Waals surface area contributed by atoms with Crippen molar-refractivity contribution in [1.29, 1.82) is 0 Å². The van der Waals surface area contributed by atoms with Crippen molar-refractivity contribution in [3.8, 4) is 0 Å². The molecule has 1 heterocycles. The summed E-state index contributed by atoms with van der Waals surface area (Å²) in [5.74, 6) is 1.61. The average molecular weight is 264 g/mol. The van der Waals surface area contributed by atoms with E-state index in [2.05, 4.69) is 25.8 Å². The van der Waals surface area contributed by atoms with Crippen LogP contribution in [0.15, 0.2) is 16.7 Å². The SMILES string of the molecule is Cc1cc(Br)cnc1N(C)CCCl. The first-order valence-corrected chi connectivity index (χ1v) is 5.37. The standard InChI is InChI=1S/C9H12BrClN2/c1-7-5-8(10)6-12-9(7)13(2)4-3-11/h5-6H,3-4H2,1-2H3. The van der Waals surface area contributed by atoms with Crippen LogP contribution in [0, 0.1) is 6.92 Å². The lowest BCUT2D eigenvalue weighted by molar-refractivity contribution is 0.933. The van der Waals surface area contributed by atoms with E-state index in [0.717, 1.165) is 22.4 Å². The van der Waals surface area contributed by atoms with Gasteiger partial charge in [0.25, 0.3) is 0 Å². The molecular formula is C9H12BrClN2. The minimum atomic E-state index is 0.619. The van der Waals surface area contributed by atoms with Crippen molar-refractivity contribution in [1.82, 2.24) is 4.98 Å². The summed E-state index contributed by atoms with van der Waals surface area (Å²) in [5, 5.41) is 0. The van der Waals surface area contributed by atoms with Crippen LogP contribution in [-0.4, -0.2) is 24.5 Å². The van der Waals surface area contributed by atoms with Crippen molar-refractivity contribution < 1.29 is 0 Å². The number of halogens is 2. The van der Waals surface area contributed by atoms with Crippen LogP contribution in [0.25, 0.3) is 0 Å². The first-order valence-electron chi connectivity index (χ1n) is 4.04. The molecule has 0 atom stereocenters. The van der Waals surface area contributed by atoms with Crippen LogP contribution in [0.1, 0.15) is 5.56 Å². The zero-order chi connectivity index (χ0) is 9.84. The van der Waals surface area contributed by atoms with E-state index in [0.29, 0.717) is 5.88 Å². The van der Waals surface area contributed by atoms with Crippen LogP contribution in [-0.2, 0) is 0 Å². The summed E-state index contributed by atoms with van der Waals surface area (Å²) in [4.78, 5) is 6.37. The zero-order valence-corrected chi connectivity index (χ0v) is 10.1. The molecule has 0 aromatic carbocycles. The molecule has 0 aliphatic rings. The molecule has 1 aromatic heterocycles. The van der Waals surface area contributed by atoms with Gasteiger partial charge in [-0.25, -0.2) is 4.98 Å². The molecule has 13 heavy (non-hydrogen) atoms. The van der Waals surface area contributed by atoms with Gasteiger partial charge in [-0.1, -0.05) is 0 Å². The number of anilines is 1. The quantitative estimate of drug-likeness (QED) is 0.780. The third kappa shape index (κ3) is 2.85. The van der Waals surface area contributed by atoms with Gasteiger partial charge in [0.1, 0.15) is 5.82 Å². The van der Waals surface area contributed by atoms with Crippen LogP contribution in [0.3, 0.4) is 0 Å². The lowest BCUT2D eigenvalue weighted by Crippen LogP contribution is -2.21. The number of aromatic nitrogens is 1. The number of alkyl halides is 1. The molecule has 1 rings (SSSR count). The summed E-state index contributed by atoms with van der Waals surface area (Å²) < 4.78 is 1.01. The van der Waals surface area contributed by atoms with Gasteiger partial charge in [0.2, 0.25) is 0 Å². The largest absolute Gasteiger partial charge is 0.358 e. The molecule has 0 amide bonds. The fourth-order valence-electron chi connectivity index (χ4n) is 1.17. The number of hydrogen-bond acceptors (Lipinski definition) is 2. The van der Waals surface area contributed by atoms with E-state index >= 15 is 0 Å². The van der Waals surface area contributed by atoms with Gasteiger partial charge in [0.15, 0.2) is 0 Å². The van der Waals surface area contributed by atoms with Crippen molar-refractivity contribution in [3.63, 3.8) is 0 Å². The Bertz CT molecular complexity index is 291. The van der Waals surface area contributed by atoms with Crippen molar-refractivity contribution >= 4 is 33.3 Å². The third-order valence-corrected chi connectivity index (χ3v) is 2.40. The van der Waals surface area contributed by atoms with Crippen LogP contribution in [0.4, 0.5) is 5.82 Å². The van der Waals surface area contributed by atoms with Gasteiger partial charge in [-0.2, -0.15) is 0 Å². The van der Waals surface area contributed by atoms with Crippen LogP contribution >= 0.6 is 27.5 Å². The van der Waals surface area contributed by atoms with Gasteiger partial charge < -0.3 is 4.90 Å². The minimum absolute atomic E-state index is 0.619. The average Bonchev–Trinajstić information content (AvgIpc) is 2.04. The molecule has 2 nitrogen and oxygen atoms in total. The summed E-state index contributed by atoms with van der Waals surface area (Å²) in [5.41, 5.74) is 1.15. The molecule has 0 N–H and O–H groups in total. The first kappa shape index (κ1) is 10.8. The molecule has 0 saturated carbocycles. The third-order valence-electron chi connectivity index (χ3n) is 1.80. The fraction of sp³-hybridized carbons (Fsp3) is 0.444. The molecule has 0 aliphatic heterocycles. The second-order valence-corrected chi connectivity index (χ2v) is 4.20.